The highest BCUT2D eigenvalue weighted by molar-refractivity contribution is 5.55. The van der Waals surface area contributed by atoms with E-state index in [0.29, 0.717) is 24.0 Å². The van der Waals surface area contributed by atoms with Crippen molar-refractivity contribution in [2.75, 3.05) is 12.4 Å². The maximum atomic E-state index is 8.93. The van der Waals surface area contributed by atoms with Crippen molar-refractivity contribution in [3.05, 3.63) is 95.2 Å². The van der Waals surface area contributed by atoms with Gasteiger partial charge in [-0.25, -0.2) is 4.98 Å². The first-order valence-corrected chi connectivity index (χ1v) is 10.7. The number of nitrogens with one attached hydrogen (secondary N) is 1. The van der Waals surface area contributed by atoms with Crippen molar-refractivity contribution in [3.8, 4) is 29.2 Å². The number of hydrogen-bond acceptors (Lipinski definition) is 7. The zero-order chi connectivity index (χ0) is 23.9. The lowest BCUT2D eigenvalue weighted by Crippen LogP contribution is -2.01. The first kappa shape index (κ1) is 22.6. The molecule has 34 heavy (non-hydrogen) atoms. The van der Waals surface area contributed by atoms with Crippen molar-refractivity contribution in [1.29, 1.82) is 5.26 Å². The summed E-state index contributed by atoms with van der Waals surface area (Å²) >= 11 is 0. The Morgan fingerprint density at radius 1 is 0.912 bits per heavy atom. The zero-order valence-corrected chi connectivity index (χ0v) is 19.2. The molecule has 0 unspecified atom stereocenters. The third kappa shape index (κ3) is 5.61. The molecular weight excluding hydrogens is 428 g/mol. The van der Waals surface area contributed by atoms with Crippen LogP contribution >= 0.6 is 0 Å². The number of methoxy groups -OCH3 is 1. The van der Waals surface area contributed by atoms with Gasteiger partial charge >= 0.3 is 0 Å². The molecule has 4 aromatic rings. The normalized spacial score (nSPS) is 10.3. The van der Waals surface area contributed by atoms with Gasteiger partial charge < -0.3 is 19.5 Å². The topological polar surface area (TPSA) is 89.3 Å². The molecule has 3 aromatic carbocycles. The van der Waals surface area contributed by atoms with Crippen LogP contribution in [0.25, 0.3) is 0 Å². The van der Waals surface area contributed by atoms with Crippen LogP contribution in [-0.2, 0) is 6.61 Å². The minimum atomic E-state index is 0.405. The van der Waals surface area contributed by atoms with Gasteiger partial charge in [-0.2, -0.15) is 10.2 Å². The molecule has 1 N–H and O–H groups in total. The molecule has 1 aromatic heterocycles. The van der Waals surface area contributed by atoms with E-state index in [9.17, 15) is 0 Å². The van der Waals surface area contributed by atoms with Crippen molar-refractivity contribution in [1.82, 2.24) is 9.97 Å². The number of rotatable bonds is 8. The first-order chi connectivity index (χ1) is 16.5. The predicted molar refractivity (Wildman–Crippen MR) is 130 cm³/mol. The molecule has 0 saturated heterocycles. The molecule has 0 bridgehead atoms. The average molecular weight is 453 g/mol. The summed E-state index contributed by atoms with van der Waals surface area (Å²) in [5.74, 6) is 3.15. The maximum absolute atomic E-state index is 8.93. The molecule has 0 atom stereocenters. The van der Waals surface area contributed by atoms with Gasteiger partial charge in [-0.15, -0.1) is 0 Å². The molecule has 7 heteroatoms. The van der Waals surface area contributed by atoms with Crippen molar-refractivity contribution < 1.29 is 14.2 Å². The molecule has 0 aliphatic heterocycles. The number of aryl methyl sites for hydroxylation is 2. The highest BCUT2D eigenvalue weighted by atomic mass is 16.5. The van der Waals surface area contributed by atoms with Crippen molar-refractivity contribution in [2.24, 2.45) is 0 Å². The van der Waals surface area contributed by atoms with Crippen LogP contribution in [0.5, 0.6) is 23.1 Å². The van der Waals surface area contributed by atoms with Crippen LogP contribution in [0.3, 0.4) is 0 Å². The second-order valence-corrected chi connectivity index (χ2v) is 7.66. The van der Waals surface area contributed by atoms with Crippen molar-refractivity contribution in [2.45, 2.75) is 20.5 Å². The fourth-order valence-electron chi connectivity index (χ4n) is 3.44. The summed E-state index contributed by atoms with van der Waals surface area (Å²) in [7, 11) is 1.64. The van der Waals surface area contributed by atoms with E-state index in [-0.39, 0.29) is 0 Å². The number of benzene rings is 3. The van der Waals surface area contributed by atoms with Crippen LogP contribution in [0.2, 0.25) is 0 Å². The van der Waals surface area contributed by atoms with E-state index in [2.05, 4.69) is 21.4 Å². The van der Waals surface area contributed by atoms with Crippen LogP contribution in [0.1, 0.15) is 22.3 Å². The summed E-state index contributed by atoms with van der Waals surface area (Å²) in [6.07, 6.45) is 1.63. The lowest BCUT2D eigenvalue weighted by molar-refractivity contribution is 0.305. The quantitative estimate of drug-likeness (QED) is 0.346. The number of anilines is 2. The van der Waals surface area contributed by atoms with Crippen molar-refractivity contribution in [3.63, 3.8) is 0 Å². The molecular formula is C27H24N4O3. The molecule has 4 rings (SSSR count). The number of nitriles is 1. The van der Waals surface area contributed by atoms with Crippen LogP contribution < -0.4 is 19.5 Å². The molecule has 1 heterocycles. The summed E-state index contributed by atoms with van der Waals surface area (Å²) in [6, 6.07) is 22.5. The summed E-state index contributed by atoms with van der Waals surface area (Å²) < 4.78 is 17.2. The van der Waals surface area contributed by atoms with Gasteiger partial charge in [0.25, 0.3) is 0 Å². The van der Waals surface area contributed by atoms with Crippen LogP contribution in [0.4, 0.5) is 11.6 Å². The number of nitrogens with zero attached hydrogens (tertiary/aromatic N) is 3. The lowest BCUT2D eigenvalue weighted by Gasteiger charge is -2.14. The predicted octanol–water partition coefficient (Wildman–Crippen LogP) is 6.09. The Bertz CT molecular complexity index is 1290. The molecule has 0 amide bonds. The van der Waals surface area contributed by atoms with Gasteiger partial charge in [-0.05, 0) is 91.2 Å². The van der Waals surface area contributed by atoms with E-state index in [1.165, 1.54) is 0 Å². The molecule has 0 aliphatic rings. The van der Waals surface area contributed by atoms with Gasteiger partial charge in [0, 0.05) is 18.0 Å². The summed E-state index contributed by atoms with van der Waals surface area (Å²) in [5, 5.41) is 12.1. The van der Waals surface area contributed by atoms with Crippen LogP contribution in [0.15, 0.2) is 72.9 Å². The molecule has 0 aliphatic carbocycles. The third-order valence-corrected chi connectivity index (χ3v) is 5.09. The molecule has 7 nitrogen and oxygen atoms in total. The second kappa shape index (κ2) is 10.4. The van der Waals surface area contributed by atoms with Crippen molar-refractivity contribution >= 4 is 11.6 Å². The summed E-state index contributed by atoms with van der Waals surface area (Å²) in [5.41, 5.74) is 4.38. The number of ether oxygens (including phenoxy) is 3. The minimum Gasteiger partial charge on any atom is -0.497 e. The smallest absolute Gasteiger partial charge is 0.230 e. The molecule has 0 saturated carbocycles. The van der Waals surface area contributed by atoms with E-state index in [0.717, 1.165) is 39.6 Å². The van der Waals surface area contributed by atoms with E-state index in [4.69, 9.17) is 19.5 Å². The Balaban J connectivity index is 1.44. The van der Waals surface area contributed by atoms with Gasteiger partial charge in [0.15, 0.2) is 0 Å². The van der Waals surface area contributed by atoms with Crippen LogP contribution in [-0.4, -0.2) is 17.1 Å². The largest absolute Gasteiger partial charge is 0.497 e. The molecule has 0 spiro atoms. The van der Waals surface area contributed by atoms with Gasteiger partial charge in [0.05, 0.1) is 18.7 Å². The Labute approximate surface area is 198 Å². The zero-order valence-electron chi connectivity index (χ0n) is 19.2. The Kier molecular flexibility index (Phi) is 6.89. The van der Waals surface area contributed by atoms with Gasteiger partial charge in [0.2, 0.25) is 11.8 Å². The fraction of sp³-hybridized carbons (Fsp3) is 0.148. The monoisotopic (exact) mass is 452 g/mol. The fourth-order valence-corrected chi connectivity index (χ4v) is 3.44. The average Bonchev–Trinajstić information content (AvgIpc) is 2.86. The third-order valence-electron chi connectivity index (χ3n) is 5.09. The van der Waals surface area contributed by atoms with Gasteiger partial charge in [0.1, 0.15) is 23.9 Å². The van der Waals surface area contributed by atoms with E-state index in [1.54, 1.807) is 43.6 Å². The molecule has 170 valence electrons. The Morgan fingerprint density at radius 2 is 1.59 bits per heavy atom. The second-order valence-electron chi connectivity index (χ2n) is 7.66. The minimum absolute atomic E-state index is 0.405. The van der Waals surface area contributed by atoms with Gasteiger partial charge in [-0.1, -0.05) is 0 Å². The van der Waals surface area contributed by atoms with E-state index >= 15 is 0 Å². The Hall–Kier alpha value is -4.57. The van der Waals surface area contributed by atoms with Gasteiger partial charge in [-0.3, -0.25) is 0 Å². The standard InChI is InChI=1S/C27H24N4O3/c1-18-14-21(17-33-24-10-8-23(32-3)9-11-24)15-19(2)26(18)34-25-12-13-29-27(31-25)30-22-6-4-20(16-28)5-7-22/h4-15H,17H2,1-3H3,(H,29,30,31). The maximum Gasteiger partial charge on any atom is 0.230 e. The van der Waals surface area contributed by atoms with E-state index in [1.807, 2.05) is 50.2 Å². The lowest BCUT2D eigenvalue weighted by atomic mass is 10.1. The highest BCUT2D eigenvalue weighted by Gasteiger charge is 2.10. The van der Waals surface area contributed by atoms with Crippen LogP contribution in [0, 0.1) is 25.2 Å². The highest BCUT2D eigenvalue weighted by Crippen LogP contribution is 2.30. The van der Waals surface area contributed by atoms with E-state index < -0.39 is 0 Å². The summed E-state index contributed by atoms with van der Waals surface area (Å²) in [4.78, 5) is 8.71. The molecule has 0 radical (unpaired) electrons. The SMILES string of the molecule is COc1ccc(OCc2cc(C)c(Oc3ccnc(Nc4ccc(C#N)cc4)n3)c(C)c2)cc1. The molecule has 0 fully saturated rings. The number of hydrogen-bond donors (Lipinski definition) is 1. The number of aromatic nitrogens is 2. The summed E-state index contributed by atoms with van der Waals surface area (Å²) in [6.45, 7) is 4.44. The Morgan fingerprint density at radius 3 is 2.24 bits per heavy atom. The first-order valence-electron chi connectivity index (χ1n) is 10.7.